The molecule has 3 nitrogen and oxygen atoms in total. The quantitative estimate of drug-likeness (QED) is 0.678. The zero-order valence-electron chi connectivity index (χ0n) is 12.3. The highest BCUT2D eigenvalue weighted by Gasteiger charge is 2.26. The number of imidazole rings is 1. The molecule has 0 saturated carbocycles. The lowest BCUT2D eigenvalue weighted by Crippen LogP contribution is -2.28. The van der Waals surface area contributed by atoms with Crippen LogP contribution in [-0.2, 0) is 13.6 Å². The van der Waals surface area contributed by atoms with Crippen molar-refractivity contribution in [3.63, 3.8) is 0 Å². The lowest BCUT2D eigenvalue weighted by atomic mass is 10.1. The number of nitrogens with zero attached hydrogens (tertiary/aromatic N) is 2. The van der Waals surface area contributed by atoms with Crippen LogP contribution in [0.4, 0.5) is 0 Å². The SMILES string of the molecule is Cc1ccccc1-c1n(C)c2cccc3c2[n+]1C=CNC3. The normalized spacial score (nSPS) is 13.2. The number of nitrogens with one attached hydrogen (secondary N) is 1. The van der Waals surface area contributed by atoms with Crippen LogP contribution in [0, 0.1) is 6.92 Å². The highest BCUT2D eigenvalue weighted by atomic mass is 15.2. The predicted molar refractivity (Wildman–Crippen MR) is 85.5 cm³/mol. The maximum absolute atomic E-state index is 3.34. The number of aryl methyl sites for hydroxylation is 2. The fraction of sp³-hybridized carbons (Fsp3) is 0.167. The van der Waals surface area contributed by atoms with E-state index in [9.17, 15) is 0 Å². The van der Waals surface area contributed by atoms with Crippen LogP contribution in [0.5, 0.6) is 0 Å². The molecule has 1 aliphatic rings. The molecular formula is C18H18N3+. The maximum Gasteiger partial charge on any atom is 0.294 e. The zero-order valence-corrected chi connectivity index (χ0v) is 12.3. The molecule has 0 unspecified atom stereocenters. The molecule has 0 amide bonds. The van der Waals surface area contributed by atoms with Gasteiger partial charge in [-0.15, -0.1) is 0 Å². The van der Waals surface area contributed by atoms with Gasteiger partial charge in [0.25, 0.3) is 5.82 Å². The van der Waals surface area contributed by atoms with Crippen molar-refractivity contribution in [1.82, 2.24) is 9.88 Å². The van der Waals surface area contributed by atoms with Crippen molar-refractivity contribution in [3.8, 4) is 11.4 Å². The summed E-state index contributed by atoms with van der Waals surface area (Å²) in [5.74, 6) is 1.22. The van der Waals surface area contributed by atoms with E-state index in [2.05, 4.69) is 77.1 Å². The van der Waals surface area contributed by atoms with E-state index >= 15 is 0 Å². The number of rotatable bonds is 1. The molecule has 1 N–H and O–H groups in total. The van der Waals surface area contributed by atoms with Gasteiger partial charge in [-0.3, -0.25) is 0 Å². The molecule has 0 atom stereocenters. The molecule has 3 heteroatoms. The fourth-order valence-electron chi connectivity index (χ4n) is 3.23. The average Bonchev–Trinajstić information content (AvgIpc) is 2.66. The lowest BCUT2D eigenvalue weighted by molar-refractivity contribution is -0.527. The van der Waals surface area contributed by atoms with Crippen LogP contribution in [-0.4, -0.2) is 4.57 Å². The van der Waals surface area contributed by atoms with E-state index in [1.165, 1.54) is 33.5 Å². The van der Waals surface area contributed by atoms with Crippen molar-refractivity contribution >= 4 is 17.2 Å². The number of hydrogen-bond acceptors (Lipinski definition) is 1. The Hall–Kier alpha value is -2.55. The van der Waals surface area contributed by atoms with Crippen LogP contribution in [0.25, 0.3) is 28.6 Å². The second kappa shape index (κ2) is 4.48. The molecule has 0 aliphatic carbocycles. The lowest BCUT2D eigenvalue weighted by Gasteiger charge is -2.02. The summed E-state index contributed by atoms with van der Waals surface area (Å²) in [5.41, 5.74) is 6.44. The Morgan fingerprint density at radius 2 is 1.95 bits per heavy atom. The van der Waals surface area contributed by atoms with Crippen LogP contribution in [0.2, 0.25) is 0 Å². The van der Waals surface area contributed by atoms with Crippen LogP contribution in [0.1, 0.15) is 11.1 Å². The molecule has 1 aromatic heterocycles. The molecule has 2 heterocycles. The summed E-state index contributed by atoms with van der Waals surface area (Å²) >= 11 is 0. The van der Waals surface area contributed by atoms with Gasteiger partial charge < -0.3 is 5.32 Å². The van der Waals surface area contributed by atoms with Crippen molar-refractivity contribution in [1.29, 1.82) is 0 Å². The largest absolute Gasteiger partial charge is 0.384 e. The molecule has 0 saturated heterocycles. The molecule has 21 heavy (non-hydrogen) atoms. The van der Waals surface area contributed by atoms with E-state index in [4.69, 9.17) is 0 Å². The van der Waals surface area contributed by atoms with Crippen molar-refractivity contribution in [3.05, 3.63) is 59.8 Å². The third kappa shape index (κ3) is 1.70. The van der Waals surface area contributed by atoms with E-state index in [1.54, 1.807) is 0 Å². The molecule has 4 rings (SSSR count). The maximum atomic E-state index is 3.34. The fourth-order valence-corrected chi connectivity index (χ4v) is 3.23. The Bertz CT molecular complexity index is 872. The molecule has 0 radical (unpaired) electrons. The first kappa shape index (κ1) is 12.2. The first-order valence-corrected chi connectivity index (χ1v) is 7.25. The Morgan fingerprint density at radius 1 is 1.10 bits per heavy atom. The minimum Gasteiger partial charge on any atom is -0.384 e. The minimum atomic E-state index is 0.866. The second-order valence-electron chi connectivity index (χ2n) is 5.55. The third-order valence-corrected chi connectivity index (χ3v) is 4.27. The topological polar surface area (TPSA) is 20.8 Å². The van der Waals surface area contributed by atoms with Gasteiger partial charge in [-0.05, 0) is 24.6 Å². The Morgan fingerprint density at radius 3 is 2.81 bits per heavy atom. The van der Waals surface area contributed by atoms with Gasteiger partial charge in [0.05, 0.1) is 12.6 Å². The average molecular weight is 276 g/mol. The van der Waals surface area contributed by atoms with Crippen LogP contribution in [0.3, 0.4) is 0 Å². The second-order valence-corrected chi connectivity index (χ2v) is 5.55. The molecule has 0 bridgehead atoms. The molecule has 0 fully saturated rings. The van der Waals surface area contributed by atoms with E-state index in [0.717, 1.165) is 6.54 Å². The van der Waals surface area contributed by atoms with Crippen molar-refractivity contribution in [2.75, 3.05) is 0 Å². The third-order valence-electron chi connectivity index (χ3n) is 4.27. The molecule has 0 spiro atoms. The summed E-state index contributed by atoms with van der Waals surface area (Å²) in [6.07, 6.45) is 4.15. The van der Waals surface area contributed by atoms with Gasteiger partial charge in [0.15, 0.2) is 11.0 Å². The van der Waals surface area contributed by atoms with Crippen molar-refractivity contribution < 1.29 is 4.57 Å². The van der Waals surface area contributed by atoms with Gasteiger partial charge in [-0.1, -0.05) is 30.3 Å². The van der Waals surface area contributed by atoms with E-state index in [0.29, 0.717) is 0 Å². The predicted octanol–water partition coefficient (Wildman–Crippen LogP) is 2.97. The van der Waals surface area contributed by atoms with E-state index < -0.39 is 0 Å². The zero-order chi connectivity index (χ0) is 14.4. The number of hydrogen-bond donors (Lipinski definition) is 1. The molecule has 1 aliphatic heterocycles. The highest BCUT2D eigenvalue weighted by molar-refractivity contribution is 5.80. The summed E-state index contributed by atoms with van der Waals surface area (Å²) < 4.78 is 4.59. The standard InChI is InChI=1S/C18H18N3/c1-13-6-3-4-8-15(13)18-20(2)16-9-5-7-14-12-19-10-11-21(18)17(14)16/h3-11,19H,12H2,1-2H3/q+1. The monoisotopic (exact) mass is 276 g/mol. The molecule has 3 aromatic rings. The minimum absolute atomic E-state index is 0.866. The molecule has 104 valence electrons. The Kier molecular flexibility index (Phi) is 2.61. The van der Waals surface area contributed by atoms with Gasteiger partial charge in [-0.25, -0.2) is 4.57 Å². The first-order chi connectivity index (χ1) is 10.3. The summed E-state index contributed by atoms with van der Waals surface area (Å²) in [4.78, 5) is 0. The van der Waals surface area contributed by atoms with Gasteiger partial charge in [0.1, 0.15) is 6.20 Å². The number of para-hydroxylation sites is 1. The van der Waals surface area contributed by atoms with Crippen molar-refractivity contribution in [2.45, 2.75) is 13.5 Å². The van der Waals surface area contributed by atoms with Gasteiger partial charge in [0.2, 0.25) is 0 Å². The van der Waals surface area contributed by atoms with Gasteiger partial charge in [-0.2, -0.15) is 4.57 Å². The number of benzene rings is 2. The van der Waals surface area contributed by atoms with Crippen LogP contribution >= 0.6 is 0 Å². The Labute approximate surface area is 124 Å². The van der Waals surface area contributed by atoms with Gasteiger partial charge in [0, 0.05) is 18.3 Å². The van der Waals surface area contributed by atoms with Gasteiger partial charge >= 0.3 is 0 Å². The molecular weight excluding hydrogens is 258 g/mol. The summed E-state index contributed by atoms with van der Waals surface area (Å²) in [5, 5.41) is 3.34. The smallest absolute Gasteiger partial charge is 0.294 e. The molecule has 2 aromatic carbocycles. The van der Waals surface area contributed by atoms with E-state index in [-0.39, 0.29) is 0 Å². The van der Waals surface area contributed by atoms with E-state index in [1.807, 2.05) is 6.20 Å². The first-order valence-electron chi connectivity index (χ1n) is 7.25. The number of aromatic nitrogens is 2. The summed E-state index contributed by atoms with van der Waals surface area (Å²) in [6.45, 7) is 3.03. The van der Waals surface area contributed by atoms with Crippen molar-refractivity contribution in [2.24, 2.45) is 7.05 Å². The Balaban J connectivity index is 2.17. The van der Waals surface area contributed by atoms with Crippen LogP contribution < -0.4 is 9.88 Å². The van der Waals surface area contributed by atoms with Crippen LogP contribution in [0.15, 0.2) is 48.7 Å². The summed E-state index contributed by atoms with van der Waals surface area (Å²) in [7, 11) is 2.15. The highest BCUT2D eigenvalue weighted by Crippen LogP contribution is 2.27. The summed E-state index contributed by atoms with van der Waals surface area (Å²) in [6, 6.07) is 15.1.